The number of nitrogens with two attached hydrogens (primary N) is 1. The van der Waals surface area contributed by atoms with Crippen molar-refractivity contribution in [1.82, 2.24) is 16.0 Å². The lowest BCUT2D eigenvalue weighted by Crippen LogP contribution is -2.56. The number of anilines is 2. The van der Waals surface area contributed by atoms with E-state index in [1.165, 1.54) is 12.1 Å². The van der Waals surface area contributed by atoms with Crippen molar-refractivity contribution in [2.75, 3.05) is 28.7 Å². The average Bonchev–Trinajstić information content (AvgIpc) is 3.17. The molecular weight excluding hydrogens is 761 g/mol. The molecule has 0 radical (unpaired) electrons. The first-order valence-corrected chi connectivity index (χ1v) is 20.0. The third-order valence-corrected chi connectivity index (χ3v) is 10.9. The van der Waals surface area contributed by atoms with Gasteiger partial charge in [0.05, 0.1) is 11.5 Å². The highest BCUT2D eigenvalue weighted by atomic mass is 32.2. The van der Waals surface area contributed by atoms with Crippen LogP contribution in [-0.2, 0) is 42.1 Å². The van der Waals surface area contributed by atoms with Gasteiger partial charge in [-0.25, -0.2) is 27.6 Å². The van der Waals surface area contributed by atoms with E-state index in [9.17, 15) is 37.2 Å². The van der Waals surface area contributed by atoms with Crippen LogP contribution in [0.2, 0.25) is 0 Å². The zero-order valence-electron chi connectivity index (χ0n) is 31.1. The number of carbonyl (C=O) groups is 5. The molecule has 0 unspecified atom stereocenters. The van der Waals surface area contributed by atoms with E-state index in [4.69, 9.17) is 19.6 Å². The molecular formula is C39H44N6O11S. The number of sulfone groups is 1. The van der Waals surface area contributed by atoms with E-state index in [1.807, 2.05) is 6.07 Å². The standard InChI is InChI=1S/C39H44N6O11S/c1-24-20-33(46)56-32-21-29(13-14-30(24)32)43-38(50)54-23-26-9-11-28(12-10-26)42-35(47)31(8-5-17-41-37(40)49)44-36(48)34(27-15-18-57(52,53)19-16-27)45-39(51)55-22-25-6-3-2-4-7-25/h2-4,6-7,9-14,20-21,27,31,34H,5,8,15-19,22-23H2,1H3,(H,42,47)(H,43,50)(H,44,48)(H,45,51)(H3,40,41,49)/t31-,34-/m0/s1. The molecule has 6 amide bonds. The summed E-state index contributed by atoms with van der Waals surface area (Å²) in [4.78, 5) is 75.8. The van der Waals surface area contributed by atoms with Gasteiger partial charge in [0.2, 0.25) is 11.8 Å². The number of hydrogen-bond donors (Lipinski definition) is 6. The van der Waals surface area contributed by atoms with Gasteiger partial charge in [-0.3, -0.25) is 14.9 Å². The monoisotopic (exact) mass is 804 g/mol. The van der Waals surface area contributed by atoms with Crippen molar-refractivity contribution < 1.29 is 46.3 Å². The normalized spacial score (nSPS) is 14.7. The van der Waals surface area contributed by atoms with Gasteiger partial charge in [0.15, 0.2) is 0 Å². The van der Waals surface area contributed by atoms with Crippen molar-refractivity contribution in [3.63, 3.8) is 0 Å². The summed E-state index contributed by atoms with van der Waals surface area (Å²) in [6, 6.07) is 18.4. The minimum Gasteiger partial charge on any atom is -0.445 e. The summed E-state index contributed by atoms with van der Waals surface area (Å²) in [5.41, 5.74) is 7.75. The topological polar surface area (TPSA) is 254 Å². The van der Waals surface area contributed by atoms with Crippen LogP contribution in [-0.4, -0.2) is 68.6 Å². The van der Waals surface area contributed by atoms with Crippen molar-refractivity contribution in [2.45, 2.75) is 57.9 Å². The van der Waals surface area contributed by atoms with E-state index in [0.717, 1.165) is 16.5 Å². The number of carbonyl (C=O) groups excluding carboxylic acids is 5. The number of amides is 6. The molecule has 1 fully saturated rings. The molecule has 18 heteroatoms. The van der Waals surface area contributed by atoms with E-state index in [-0.39, 0.29) is 56.9 Å². The van der Waals surface area contributed by atoms with Crippen LogP contribution in [0.25, 0.3) is 11.0 Å². The lowest BCUT2D eigenvalue weighted by Gasteiger charge is -2.31. The number of rotatable bonds is 15. The quantitative estimate of drug-likeness (QED) is 0.0744. The highest BCUT2D eigenvalue weighted by molar-refractivity contribution is 7.91. The summed E-state index contributed by atoms with van der Waals surface area (Å²) < 4.78 is 40.2. The Morgan fingerprint density at radius 1 is 0.807 bits per heavy atom. The van der Waals surface area contributed by atoms with E-state index in [0.29, 0.717) is 22.5 Å². The van der Waals surface area contributed by atoms with Crippen LogP contribution in [0, 0.1) is 12.8 Å². The molecule has 302 valence electrons. The first-order chi connectivity index (χ1) is 27.2. The third-order valence-electron chi connectivity index (χ3n) is 9.23. The molecule has 1 aromatic heterocycles. The molecule has 3 aromatic carbocycles. The second-order valence-electron chi connectivity index (χ2n) is 13.5. The van der Waals surface area contributed by atoms with Gasteiger partial charge in [-0.05, 0) is 79.5 Å². The Balaban J connectivity index is 1.20. The smallest absolute Gasteiger partial charge is 0.411 e. The molecule has 5 rings (SSSR count). The van der Waals surface area contributed by atoms with Gasteiger partial charge in [0, 0.05) is 35.4 Å². The number of ether oxygens (including phenoxy) is 2. The number of nitrogens with one attached hydrogen (secondary N) is 5. The summed E-state index contributed by atoms with van der Waals surface area (Å²) in [5, 5.41) is 13.8. The number of alkyl carbamates (subject to hydrolysis) is 1. The number of urea groups is 1. The van der Waals surface area contributed by atoms with E-state index >= 15 is 0 Å². The number of fused-ring (bicyclic) bond motifs is 1. The van der Waals surface area contributed by atoms with Gasteiger partial charge in [-0.1, -0.05) is 42.5 Å². The SMILES string of the molecule is Cc1cc(=O)oc2cc(NC(=O)OCc3ccc(NC(=O)[C@H](CCCNC(N)=O)NC(=O)[C@@H](NC(=O)OCc4ccccc4)C4CCS(=O)(=O)CC4)cc3)ccc12. The molecule has 0 aliphatic carbocycles. The lowest BCUT2D eigenvalue weighted by molar-refractivity contribution is -0.129. The molecule has 57 heavy (non-hydrogen) atoms. The first-order valence-electron chi connectivity index (χ1n) is 18.1. The molecule has 0 spiro atoms. The largest absolute Gasteiger partial charge is 0.445 e. The van der Waals surface area contributed by atoms with Crippen molar-refractivity contribution in [3.05, 3.63) is 106 Å². The summed E-state index contributed by atoms with van der Waals surface area (Å²) in [7, 11) is -3.30. The zero-order valence-corrected chi connectivity index (χ0v) is 31.9. The van der Waals surface area contributed by atoms with Gasteiger partial charge in [-0.2, -0.15) is 0 Å². The van der Waals surface area contributed by atoms with Crippen LogP contribution in [0.1, 0.15) is 42.4 Å². The van der Waals surface area contributed by atoms with Gasteiger partial charge in [0.25, 0.3) is 0 Å². The lowest BCUT2D eigenvalue weighted by atomic mass is 9.92. The van der Waals surface area contributed by atoms with Gasteiger partial charge < -0.3 is 40.9 Å². The van der Waals surface area contributed by atoms with Crippen LogP contribution in [0.3, 0.4) is 0 Å². The fraction of sp³-hybridized carbons (Fsp3) is 0.333. The molecule has 0 saturated carbocycles. The Kier molecular flexibility index (Phi) is 14.2. The maximum absolute atomic E-state index is 13.8. The number of aryl methyl sites for hydroxylation is 1. The second kappa shape index (κ2) is 19.4. The maximum Gasteiger partial charge on any atom is 0.411 e. The fourth-order valence-electron chi connectivity index (χ4n) is 6.20. The summed E-state index contributed by atoms with van der Waals surface area (Å²) in [6.07, 6.45) is -1.12. The number of benzene rings is 3. The minimum absolute atomic E-state index is 0.0616. The van der Waals surface area contributed by atoms with Crippen molar-refractivity contribution in [3.8, 4) is 0 Å². The van der Waals surface area contributed by atoms with E-state index < -0.39 is 63.5 Å². The van der Waals surface area contributed by atoms with Crippen LogP contribution in [0.15, 0.2) is 88.1 Å². The summed E-state index contributed by atoms with van der Waals surface area (Å²) in [6.45, 7) is 1.71. The second-order valence-corrected chi connectivity index (χ2v) is 15.8. The molecule has 2 atom stereocenters. The van der Waals surface area contributed by atoms with Crippen molar-refractivity contribution >= 4 is 62.2 Å². The molecule has 2 heterocycles. The van der Waals surface area contributed by atoms with Crippen LogP contribution < -0.4 is 37.9 Å². The predicted molar refractivity (Wildman–Crippen MR) is 210 cm³/mol. The van der Waals surface area contributed by atoms with Crippen LogP contribution in [0.4, 0.5) is 25.8 Å². The fourth-order valence-corrected chi connectivity index (χ4v) is 7.73. The molecule has 0 bridgehead atoms. The summed E-state index contributed by atoms with van der Waals surface area (Å²) >= 11 is 0. The Morgan fingerprint density at radius 3 is 2.14 bits per heavy atom. The summed E-state index contributed by atoms with van der Waals surface area (Å²) in [5.74, 6) is -2.21. The van der Waals surface area contributed by atoms with Crippen LogP contribution in [0.5, 0.6) is 0 Å². The van der Waals surface area contributed by atoms with Crippen molar-refractivity contribution in [2.24, 2.45) is 11.7 Å². The predicted octanol–water partition coefficient (Wildman–Crippen LogP) is 3.84. The molecule has 1 aliphatic heterocycles. The van der Waals surface area contributed by atoms with Gasteiger partial charge in [0.1, 0.15) is 40.7 Å². The average molecular weight is 805 g/mol. The van der Waals surface area contributed by atoms with E-state index in [2.05, 4.69) is 26.6 Å². The highest BCUT2D eigenvalue weighted by Gasteiger charge is 2.36. The van der Waals surface area contributed by atoms with Crippen molar-refractivity contribution in [1.29, 1.82) is 0 Å². The third kappa shape index (κ3) is 12.8. The molecule has 17 nitrogen and oxygen atoms in total. The van der Waals surface area contributed by atoms with E-state index in [1.54, 1.807) is 67.6 Å². The Hall–Kier alpha value is -6.43. The van der Waals surface area contributed by atoms with Gasteiger partial charge >= 0.3 is 23.8 Å². The highest BCUT2D eigenvalue weighted by Crippen LogP contribution is 2.24. The molecule has 7 N–H and O–H groups in total. The van der Waals surface area contributed by atoms with Crippen LogP contribution >= 0.6 is 0 Å². The Bertz CT molecular complexity index is 2230. The maximum atomic E-state index is 13.8. The molecule has 1 aliphatic rings. The molecule has 1 saturated heterocycles. The van der Waals surface area contributed by atoms with Gasteiger partial charge in [-0.15, -0.1) is 0 Å². The zero-order chi connectivity index (χ0) is 41.0. The Morgan fingerprint density at radius 2 is 1.46 bits per heavy atom. The number of primary amides is 1. The Labute approximate surface area is 328 Å². The first kappa shape index (κ1) is 41.7. The number of hydrogen-bond acceptors (Lipinski definition) is 11. The molecule has 4 aromatic rings. The minimum atomic E-state index is -3.30.